The summed E-state index contributed by atoms with van der Waals surface area (Å²) in [6.45, 7) is 3.52. The lowest BCUT2D eigenvalue weighted by Crippen LogP contribution is -2.41. The number of hydrogen-bond donors (Lipinski definition) is 2. The van der Waals surface area contributed by atoms with E-state index in [9.17, 15) is 4.79 Å². The number of nitrogens with one attached hydrogen (secondary N) is 2. The second kappa shape index (κ2) is 5.60. The molecule has 2 N–H and O–H groups in total. The summed E-state index contributed by atoms with van der Waals surface area (Å²) in [5.41, 5.74) is 0. The molecule has 17 heavy (non-hydrogen) atoms. The van der Waals surface area contributed by atoms with Crippen LogP contribution in [-0.2, 0) is 0 Å². The average Bonchev–Trinajstić information content (AvgIpc) is 2.71. The summed E-state index contributed by atoms with van der Waals surface area (Å²) in [7, 11) is 0. The average molecular weight is 238 g/mol. The first-order chi connectivity index (χ1) is 8.27. The largest absolute Gasteiger partial charge is 0.328 e. The Kier molecular flexibility index (Phi) is 3.89. The molecule has 1 aromatic rings. The monoisotopic (exact) mass is 238 g/mol. The SMILES string of the molecule is CC(NC(=O)N1CCCCCC1)c1nn[nH]n1. The molecular weight excluding hydrogens is 220 g/mol. The summed E-state index contributed by atoms with van der Waals surface area (Å²) in [4.78, 5) is 13.8. The van der Waals surface area contributed by atoms with Crippen molar-refractivity contribution in [2.75, 3.05) is 13.1 Å². The van der Waals surface area contributed by atoms with Crippen LogP contribution in [0.5, 0.6) is 0 Å². The molecule has 2 amide bonds. The van der Waals surface area contributed by atoms with Gasteiger partial charge in [-0.2, -0.15) is 5.21 Å². The molecule has 7 nitrogen and oxygen atoms in total. The molecular formula is C10H18N6O. The molecule has 2 rings (SSSR count). The second-order valence-corrected chi connectivity index (χ2v) is 4.34. The maximum absolute atomic E-state index is 12.0. The lowest BCUT2D eigenvalue weighted by molar-refractivity contribution is 0.196. The highest BCUT2D eigenvalue weighted by molar-refractivity contribution is 5.74. The molecule has 1 aliphatic heterocycles. The molecule has 1 aromatic heterocycles. The molecule has 94 valence electrons. The minimum absolute atomic E-state index is 0.0378. The number of aromatic amines is 1. The Morgan fingerprint density at radius 2 is 2.06 bits per heavy atom. The smallest absolute Gasteiger partial charge is 0.317 e. The summed E-state index contributed by atoms with van der Waals surface area (Å²) in [5, 5.41) is 16.4. The van der Waals surface area contributed by atoms with Gasteiger partial charge in [0.1, 0.15) is 0 Å². The minimum Gasteiger partial charge on any atom is -0.328 e. The Morgan fingerprint density at radius 1 is 1.35 bits per heavy atom. The van der Waals surface area contributed by atoms with Gasteiger partial charge in [0.15, 0.2) is 5.82 Å². The molecule has 0 radical (unpaired) electrons. The Bertz CT molecular complexity index is 344. The molecule has 1 atom stereocenters. The van der Waals surface area contributed by atoms with Crippen molar-refractivity contribution in [3.63, 3.8) is 0 Å². The number of carbonyl (C=O) groups excluding carboxylic acids is 1. The normalized spacial score (nSPS) is 18.5. The third kappa shape index (κ3) is 3.15. The minimum atomic E-state index is -0.218. The van der Waals surface area contributed by atoms with E-state index in [1.807, 2.05) is 11.8 Å². The van der Waals surface area contributed by atoms with Crippen molar-refractivity contribution in [1.82, 2.24) is 30.8 Å². The van der Waals surface area contributed by atoms with Crippen LogP contribution in [0.2, 0.25) is 0 Å². The van der Waals surface area contributed by atoms with Crippen molar-refractivity contribution in [3.05, 3.63) is 5.82 Å². The maximum atomic E-state index is 12.0. The van der Waals surface area contributed by atoms with Crippen LogP contribution >= 0.6 is 0 Å². The van der Waals surface area contributed by atoms with E-state index in [4.69, 9.17) is 0 Å². The highest BCUT2D eigenvalue weighted by Gasteiger charge is 2.19. The van der Waals surface area contributed by atoms with Crippen LogP contribution in [0.25, 0.3) is 0 Å². The molecule has 0 bridgehead atoms. The predicted molar refractivity (Wildman–Crippen MR) is 61.2 cm³/mol. The molecule has 1 unspecified atom stereocenters. The number of nitrogens with zero attached hydrogens (tertiary/aromatic N) is 4. The van der Waals surface area contributed by atoms with Crippen molar-refractivity contribution in [2.24, 2.45) is 0 Å². The fraction of sp³-hybridized carbons (Fsp3) is 0.800. The number of aromatic nitrogens is 4. The third-order valence-electron chi connectivity index (χ3n) is 2.98. The predicted octanol–water partition coefficient (Wildman–Crippen LogP) is 0.846. The molecule has 1 fully saturated rings. The number of amides is 2. The van der Waals surface area contributed by atoms with Crippen LogP contribution in [0.3, 0.4) is 0 Å². The summed E-state index contributed by atoms with van der Waals surface area (Å²) in [6, 6.07) is -0.256. The molecule has 1 aliphatic rings. The van der Waals surface area contributed by atoms with E-state index in [1.165, 1.54) is 12.8 Å². The van der Waals surface area contributed by atoms with Gasteiger partial charge in [-0.05, 0) is 19.8 Å². The number of rotatable bonds is 2. The Labute approximate surface area is 100.0 Å². The van der Waals surface area contributed by atoms with Crippen LogP contribution in [0, 0.1) is 0 Å². The zero-order chi connectivity index (χ0) is 12.1. The quantitative estimate of drug-likeness (QED) is 0.799. The van der Waals surface area contributed by atoms with Gasteiger partial charge in [0, 0.05) is 13.1 Å². The Morgan fingerprint density at radius 3 is 2.65 bits per heavy atom. The van der Waals surface area contributed by atoms with Gasteiger partial charge >= 0.3 is 6.03 Å². The van der Waals surface area contributed by atoms with Gasteiger partial charge in [-0.3, -0.25) is 0 Å². The number of urea groups is 1. The lowest BCUT2D eigenvalue weighted by Gasteiger charge is -2.22. The third-order valence-corrected chi connectivity index (χ3v) is 2.98. The van der Waals surface area contributed by atoms with Crippen LogP contribution < -0.4 is 5.32 Å². The Balaban J connectivity index is 1.87. The van der Waals surface area contributed by atoms with Gasteiger partial charge in [0.25, 0.3) is 0 Å². The fourth-order valence-corrected chi connectivity index (χ4v) is 1.97. The van der Waals surface area contributed by atoms with Gasteiger partial charge in [0.2, 0.25) is 0 Å². The van der Waals surface area contributed by atoms with Crippen LogP contribution in [0.15, 0.2) is 0 Å². The van der Waals surface area contributed by atoms with E-state index < -0.39 is 0 Å². The van der Waals surface area contributed by atoms with Crippen molar-refractivity contribution < 1.29 is 4.79 Å². The number of carbonyl (C=O) groups is 1. The van der Waals surface area contributed by atoms with Crippen molar-refractivity contribution >= 4 is 6.03 Å². The highest BCUT2D eigenvalue weighted by atomic mass is 16.2. The number of H-pyrrole nitrogens is 1. The lowest BCUT2D eigenvalue weighted by atomic mass is 10.2. The van der Waals surface area contributed by atoms with E-state index in [0.29, 0.717) is 5.82 Å². The van der Waals surface area contributed by atoms with Crippen LogP contribution in [-0.4, -0.2) is 44.6 Å². The first kappa shape index (κ1) is 11.8. The first-order valence-corrected chi connectivity index (χ1v) is 6.06. The molecule has 7 heteroatoms. The first-order valence-electron chi connectivity index (χ1n) is 6.06. The maximum Gasteiger partial charge on any atom is 0.317 e. The number of likely N-dealkylation sites (tertiary alicyclic amines) is 1. The van der Waals surface area contributed by atoms with Gasteiger partial charge in [0.05, 0.1) is 6.04 Å². The zero-order valence-electron chi connectivity index (χ0n) is 10.0. The highest BCUT2D eigenvalue weighted by Crippen LogP contribution is 2.11. The summed E-state index contributed by atoms with van der Waals surface area (Å²) >= 11 is 0. The molecule has 0 aromatic carbocycles. The standard InChI is InChI=1S/C10H18N6O/c1-8(9-12-14-15-13-9)11-10(17)16-6-4-2-3-5-7-16/h8H,2-7H2,1H3,(H,11,17)(H,12,13,14,15). The molecule has 0 spiro atoms. The van der Waals surface area contributed by atoms with Crippen molar-refractivity contribution in [1.29, 1.82) is 0 Å². The number of tetrazole rings is 1. The molecule has 1 saturated heterocycles. The van der Waals surface area contributed by atoms with E-state index >= 15 is 0 Å². The number of hydrogen-bond acceptors (Lipinski definition) is 4. The summed E-state index contributed by atoms with van der Waals surface area (Å²) in [6.07, 6.45) is 4.60. The van der Waals surface area contributed by atoms with Gasteiger partial charge in [-0.25, -0.2) is 4.79 Å². The van der Waals surface area contributed by atoms with Gasteiger partial charge in [-0.15, -0.1) is 10.2 Å². The van der Waals surface area contributed by atoms with Crippen molar-refractivity contribution in [3.8, 4) is 0 Å². The van der Waals surface area contributed by atoms with Gasteiger partial charge < -0.3 is 10.2 Å². The van der Waals surface area contributed by atoms with E-state index in [1.54, 1.807) is 0 Å². The van der Waals surface area contributed by atoms with Crippen LogP contribution in [0.4, 0.5) is 4.79 Å². The fourth-order valence-electron chi connectivity index (χ4n) is 1.97. The van der Waals surface area contributed by atoms with Crippen LogP contribution in [0.1, 0.15) is 44.5 Å². The molecule has 0 aliphatic carbocycles. The van der Waals surface area contributed by atoms with E-state index in [0.717, 1.165) is 25.9 Å². The zero-order valence-corrected chi connectivity index (χ0v) is 10.0. The summed E-state index contributed by atoms with van der Waals surface area (Å²) < 4.78 is 0. The second-order valence-electron chi connectivity index (χ2n) is 4.34. The summed E-state index contributed by atoms with van der Waals surface area (Å²) in [5.74, 6) is 0.508. The van der Waals surface area contributed by atoms with Gasteiger partial charge in [-0.1, -0.05) is 18.1 Å². The van der Waals surface area contributed by atoms with E-state index in [-0.39, 0.29) is 12.1 Å². The van der Waals surface area contributed by atoms with Crippen molar-refractivity contribution in [2.45, 2.75) is 38.6 Å². The Hall–Kier alpha value is -1.66. The van der Waals surface area contributed by atoms with E-state index in [2.05, 4.69) is 25.9 Å². The molecule has 0 saturated carbocycles. The topological polar surface area (TPSA) is 86.8 Å². The molecule has 2 heterocycles.